The molecule has 1 aromatic carbocycles. The number of nitrogens with two attached hydrogens (primary N) is 1. The van der Waals surface area contributed by atoms with E-state index in [1.165, 1.54) is 5.56 Å². The second-order valence-electron chi connectivity index (χ2n) is 4.18. The first-order chi connectivity index (χ1) is 8.52. The molecular weight excluding hydrogens is 266 g/mol. The van der Waals surface area contributed by atoms with Crippen LogP contribution in [-0.2, 0) is 9.59 Å². The maximum absolute atomic E-state index is 11.5. The summed E-state index contributed by atoms with van der Waals surface area (Å²) in [5.74, 6) is -0.571. The fourth-order valence-corrected chi connectivity index (χ4v) is 1.48. The summed E-state index contributed by atoms with van der Waals surface area (Å²) < 4.78 is 0. The predicted molar refractivity (Wildman–Crippen MR) is 77.0 cm³/mol. The van der Waals surface area contributed by atoms with Crippen molar-refractivity contribution in [1.29, 1.82) is 0 Å². The molecule has 4 N–H and O–H groups in total. The summed E-state index contributed by atoms with van der Waals surface area (Å²) >= 11 is 0. The molecule has 0 aromatic heterocycles. The predicted octanol–water partition coefficient (Wildman–Crippen LogP) is 0.669. The van der Waals surface area contributed by atoms with Gasteiger partial charge in [0.15, 0.2) is 0 Å². The van der Waals surface area contributed by atoms with Gasteiger partial charge in [-0.3, -0.25) is 9.59 Å². The van der Waals surface area contributed by atoms with E-state index in [0.717, 1.165) is 5.56 Å². The first-order valence-corrected chi connectivity index (χ1v) is 5.85. The zero-order valence-corrected chi connectivity index (χ0v) is 11.9. The SMILES string of the molecule is Cc1ccc(C(C)NC(=O)CNC(=O)CN)cc1.Cl. The van der Waals surface area contributed by atoms with Gasteiger partial charge in [-0.2, -0.15) is 0 Å². The average Bonchev–Trinajstić information content (AvgIpc) is 2.36. The van der Waals surface area contributed by atoms with Crippen molar-refractivity contribution < 1.29 is 9.59 Å². The lowest BCUT2D eigenvalue weighted by molar-refractivity contribution is -0.125. The Hall–Kier alpha value is -1.59. The zero-order chi connectivity index (χ0) is 13.5. The Morgan fingerprint density at radius 3 is 2.32 bits per heavy atom. The van der Waals surface area contributed by atoms with Crippen molar-refractivity contribution in [3.05, 3.63) is 35.4 Å². The minimum absolute atomic E-state index is 0. The van der Waals surface area contributed by atoms with Crippen molar-refractivity contribution >= 4 is 24.2 Å². The summed E-state index contributed by atoms with van der Waals surface area (Å²) in [4.78, 5) is 22.4. The molecule has 0 aliphatic rings. The number of carbonyl (C=O) groups excluding carboxylic acids is 2. The average molecular weight is 286 g/mol. The number of hydrogen-bond donors (Lipinski definition) is 3. The van der Waals surface area contributed by atoms with Gasteiger partial charge in [-0.1, -0.05) is 29.8 Å². The van der Waals surface area contributed by atoms with E-state index in [-0.39, 0.29) is 43.4 Å². The fraction of sp³-hybridized carbons (Fsp3) is 0.385. The van der Waals surface area contributed by atoms with Gasteiger partial charge in [-0.05, 0) is 19.4 Å². The lowest BCUT2D eigenvalue weighted by Gasteiger charge is -2.14. The summed E-state index contributed by atoms with van der Waals surface area (Å²) in [6.45, 7) is 3.75. The summed E-state index contributed by atoms with van der Waals surface area (Å²) in [5, 5.41) is 5.22. The van der Waals surface area contributed by atoms with Gasteiger partial charge in [0.2, 0.25) is 11.8 Å². The van der Waals surface area contributed by atoms with E-state index in [9.17, 15) is 9.59 Å². The van der Waals surface area contributed by atoms with Gasteiger partial charge in [0.1, 0.15) is 0 Å². The van der Waals surface area contributed by atoms with Crippen LogP contribution in [0.15, 0.2) is 24.3 Å². The van der Waals surface area contributed by atoms with E-state index in [1.54, 1.807) is 0 Å². The van der Waals surface area contributed by atoms with Crippen molar-refractivity contribution in [3.8, 4) is 0 Å². The molecule has 6 heteroatoms. The number of halogens is 1. The number of nitrogens with one attached hydrogen (secondary N) is 2. The van der Waals surface area contributed by atoms with Crippen LogP contribution >= 0.6 is 12.4 Å². The Morgan fingerprint density at radius 2 is 1.79 bits per heavy atom. The van der Waals surface area contributed by atoms with Gasteiger partial charge in [0, 0.05) is 0 Å². The normalized spacial score (nSPS) is 11.1. The molecule has 1 aromatic rings. The van der Waals surface area contributed by atoms with Crippen LogP contribution in [0.2, 0.25) is 0 Å². The first kappa shape index (κ1) is 17.4. The molecule has 0 bridgehead atoms. The van der Waals surface area contributed by atoms with Gasteiger partial charge in [-0.15, -0.1) is 12.4 Å². The number of hydrogen-bond acceptors (Lipinski definition) is 3. The van der Waals surface area contributed by atoms with Crippen LogP contribution < -0.4 is 16.4 Å². The molecule has 0 aliphatic carbocycles. The summed E-state index contributed by atoms with van der Waals surface area (Å²) in [5.41, 5.74) is 7.32. The van der Waals surface area contributed by atoms with Gasteiger partial charge in [-0.25, -0.2) is 0 Å². The Balaban J connectivity index is 0.00000324. The lowest BCUT2D eigenvalue weighted by Crippen LogP contribution is -2.40. The molecule has 0 spiro atoms. The number of rotatable bonds is 5. The van der Waals surface area contributed by atoms with E-state index in [4.69, 9.17) is 5.73 Å². The van der Waals surface area contributed by atoms with E-state index < -0.39 is 0 Å². The largest absolute Gasteiger partial charge is 0.348 e. The Kier molecular flexibility index (Phi) is 7.79. The molecule has 1 unspecified atom stereocenters. The zero-order valence-electron chi connectivity index (χ0n) is 11.1. The van der Waals surface area contributed by atoms with Crippen LogP contribution in [0.1, 0.15) is 24.1 Å². The monoisotopic (exact) mass is 285 g/mol. The van der Waals surface area contributed by atoms with Crippen molar-refractivity contribution in [3.63, 3.8) is 0 Å². The molecule has 2 amide bonds. The van der Waals surface area contributed by atoms with E-state index in [1.807, 2.05) is 38.1 Å². The van der Waals surface area contributed by atoms with Crippen molar-refractivity contribution in [2.45, 2.75) is 19.9 Å². The molecule has 0 fully saturated rings. The third kappa shape index (κ3) is 6.22. The molecule has 1 atom stereocenters. The molecule has 1 rings (SSSR count). The third-order valence-corrected chi connectivity index (χ3v) is 2.59. The maximum atomic E-state index is 11.5. The molecule has 0 heterocycles. The minimum atomic E-state index is -0.340. The standard InChI is InChI=1S/C13H19N3O2.ClH/c1-9-3-5-11(6-4-9)10(2)16-13(18)8-15-12(17)7-14;/h3-6,10H,7-8,14H2,1-2H3,(H,15,17)(H,16,18);1H. The molecule has 5 nitrogen and oxygen atoms in total. The van der Waals surface area contributed by atoms with E-state index in [0.29, 0.717) is 0 Å². The van der Waals surface area contributed by atoms with Gasteiger partial charge >= 0.3 is 0 Å². The van der Waals surface area contributed by atoms with Crippen LogP contribution in [-0.4, -0.2) is 24.9 Å². The topological polar surface area (TPSA) is 84.2 Å². The summed E-state index contributed by atoms with van der Waals surface area (Å²) in [7, 11) is 0. The number of aryl methyl sites for hydroxylation is 1. The van der Waals surface area contributed by atoms with E-state index in [2.05, 4.69) is 10.6 Å². The minimum Gasteiger partial charge on any atom is -0.348 e. The summed E-state index contributed by atoms with van der Waals surface area (Å²) in [6, 6.07) is 7.84. The number of carbonyl (C=O) groups is 2. The highest BCUT2D eigenvalue weighted by atomic mass is 35.5. The Labute approximate surface area is 119 Å². The smallest absolute Gasteiger partial charge is 0.239 e. The lowest BCUT2D eigenvalue weighted by atomic mass is 10.1. The molecular formula is C13H20ClN3O2. The van der Waals surface area contributed by atoms with Gasteiger partial charge < -0.3 is 16.4 Å². The fourth-order valence-electron chi connectivity index (χ4n) is 1.48. The molecule has 0 saturated carbocycles. The van der Waals surface area contributed by atoms with Gasteiger partial charge in [0.25, 0.3) is 0 Å². The molecule has 0 saturated heterocycles. The van der Waals surface area contributed by atoms with Crippen molar-refractivity contribution in [1.82, 2.24) is 10.6 Å². The second-order valence-corrected chi connectivity index (χ2v) is 4.18. The van der Waals surface area contributed by atoms with Crippen LogP contribution in [0.3, 0.4) is 0 Å². The summed E-state index contributed by atoms with van der Waals surface area (Å²) in [6.07, 6.45) is 0. The highest BCUT2D eigenvalue weighted by Crippen LogP contribution is 2.12. The maximum Gasteiger partial charge on any atom is 0.239 e. The van der Waals surface area contributed by atoms with Crippen LogP contribution in [0, 0.1) is 6.92 Å². The van der Waals surface area contributed by atoms with E-state index >= 15 is 0 Å². The van der Waals surface area contributed by atoms with Crippen LogP contribution in [0.5, 0.6) is 0 Å². The molecule has 106 valence electrons. The Bertz CT molecular complexity index is 420. The number of amides is 2. The second kappa shape index (κ2) is 8.50. The molecule has 0 aliphatic heterocycles. The van der Waals surface area contributed by atoms with Crippen LogP contribution in [0.4, 0.5) is 0 Å². The number of benzene rings is 1. The highest BCUT2D eigenvalue weighted by molar-refractivity contribution is 5.85. The molecule has 0 radical (unpaired) electrons. The first-order valence-electron chi connectivity index (χ1n) is 5.85. The Morgan fingerprint density at radius 1 is 1.21 bits per heavy atom. The van der Waals surface area contributed by atoms with Crippen molar-refractivity contribution in [2.24, 2.45) is 5.73 Å². The quantitative estimate of drug-likeness (QED) is 0.743. The van der Waals surface area contributed by atoms with Gasteiger partial charge in [0.05, 0.1) is 19.1 Å². The third-order valence-electron chi connectivity index (χ3n) is 2.59. The van der Waals surface area contributed by atoms with Crippen molar-refractivity contribution in [2.75, 3.05) is 13.1 Å². The highest BCUT2D eigenvalue weighted by Gasteiger charge is 2.09. The van der Waals surface area contributed by atoms with Crippen LogP contribution in [0.25, 0.3) is 0 Å². The molecule has 19 heavy (non-hydrogen) atoms.